The third kappa shape index (κ3) is 3.06. The van der Waals surface area contributed by atoms with Crippen molar-refractivity contribution in [2.45, 2.75) is 24.9 Å². The van der Waals surface area contributed by atoms with Gasteiger partial charge in [0.15, 0.2) is 0 Å². The highest BCUT2D eigenvalue weighted by Gasteiger charge is 2.31. The van der Waals surface area contributed by atoms with Crippen molar-refractivity contribution in [1.29, 1.82) is 5.26 Å². The molecule has 0 amide bonds. The number of halogens is 3. The maximum absolute atomic E-state index is 12.7. The monoisotopic (exact) mass is 303 g/mol. The van der Waals surface area contributed by atoms with Crippen molar-refractivity contribution in [2.24, 2.45) is 0 Å². The van der Waals surface area contributed by atoms with Gasteiger partial charge in [0.1, 0.15) is 11.5 Å². The van der Waals surface area contributed by atoms with Gasteiger partial charge in [-0.25, -0.2) is 0 Å². The maximum Gasteiger partial charge on any atom is 0.416 e. The van der Waals surface area contributed by atoms with E-state index in [1.807, 2.05) is 0 Å². The molecule has 2 nitrogen and oxygen atoms in total. The summed E-state index contributed by atoms with van der Waals surface area (Å²) >= 11 is 0. The normalized spacial score (nSPS) is 14.5. The van der Waals surface area contributed by atoms with E-state index in [4.69, 9.17) is 10.00 Å². The van der Waals surface area contributed by atoms with Crippen molar-refractivity contribution in [1.82, 2.24) is 0 Å². The number of nitriles is 1. The molecule has 0 spiro atoms. The summed E-state index contributed by atoms with van der Waals surface area (Å²) < 4.78 is 43.8. The standard InChI is InChI=1S/C17H12F3NO/c18-17(19,20)13-2-1-3-14(9-13)22-16-7-4-11(10-21)8-15(16)12-5-6-12/h1-4,7-9,12H,5-6H2. The van der Waals surface area contributed by atoms with Crippen molar-refractivity contribution in [2.75, 3.05) is 0 Å². The van der Waals surface area contributed by atoms with E-state index in [1.54, 1.807) is 18.2 Å². The van der Waals surface area contributed by atoms with Crippen LogP contribution in [-0.2, 0) is 6.18 Å². The molecule has 3 rings (SSSR count). The van der Waals surface area contributed by atoms with Gasteiger partial charge in [-0.15, -0.1) is 0 Å². The van der Waals surface area contributed by atoms with E-state index in [0.717, 1.165) is 30.5 Å². The Kier molecular flexibility index (Phi) is 3.53. The number of hydrogen-bond donors (Lipinski definition) is 0. The summed E-state index contributed by atoms with van der Waals surface area (Å²) in [6.45, 7) is 0. The second-order valence-corrected chi connectivity index (χ2v) is 5.27. The fraction of sp³-hybridized carbons (Fsp3) is 0.235. The van der Waals surface area contributed by atoms with E-state index in [2.05, 4.69) is 6.07 Å². The number of hydrogen-bond acceptors (Lipinski definition) is 2. The molecule has 1 fully saturated rings. The first kappa shape index (κ1) is 14.5. The van der Waals surface area contributed by atoms with Gasteiger partial charge < -0.3 is 4.74 Å². The van der Waals surface area contributed by atoms with Crippen LogP contribution in [0, 0.1) is 11.3 Å². The van der Waals surface area contributed by atoms with Crippen LogP contribution in [0.4, 0.5) is 13.2 Å². The first-order valence-electron chi connectivity index (χ1n) is 6.86. The third-order valence-corrected chi connectivity index (χ3v) is 3.55. The summed E-state index contributed by atoms with van der Waals surface area (Å²) in [5.41, 5.74) is 0.668. The number of ether oxygens (including phenoxy) is 1. The molecule has 0 aliphatic heterocycles. The topological polar surface area (TPSA) is 33.0 Å². The molecule has 1 saturated carbocycles. The Morgan fingerprint density at radius 2 is 1.86 bits per heavy atom. The highest BCUT2D eigenvalue weighted by Crippen LogP contribution is 2.45. The SMILES string of the molecule is N#Cc1ccc(Oc2cccc(C(F)(F)F)c2)c(C2CC2)c1. The van der Waals surface area contributed by atoms with Crippen molar-refractivity contribution < 1.29 is 17.9 Å². The molecular formula is C17H12F3NO. The van der Waals surface area contributed by atoms with Gasteiger partial charge in [0.2, 0.25) is 0 Å². The first-order valence-corrected chi connectivity index (χ1v) is 6.86. The second-order valence-electron chi connectivity index (χ2n) is 5.27. The molecule has 0 atom stereocenters. The Hall–Kier alpha value is -2.48. The molecule has 5 heteroatoms. The molecule has 0 aromatic heterocycles. The van der Waals surface area contributed by atoms with E-state index >= 15 is 0 Å². The Morgan fingerprint density at radius 3 is 2.50 bits per heavy atom. The summed E-state index contributed by atoms with van der Waals surface area (Å²) in [5.74, 6) is 0.983. The summed E-state index contributed by atoms with van der Waals surface area (Å²) in [5, 5.41) is 8.95. The van der Waals surface area contributed by atoms with Gasteiger partial charge in [-0.05, 0) is 60.7 Å². The van der Waals surface area contributed by atoms with Crippen molar-refractivity contribution >= 4 is 0 Å². The van der Waals surface area contributed by atoms with E-state index in [-0.39, 0.29) is 5.75 Å². The van der Waals surface area contributed by atoms with Crippen LogP contribution in [-0.4, -0.2) is 0 Å². The summed E-state index contributed by atoms with van der Waals surface area (Å²) in [7, 11) is 0. The predicted octanol–water partition coefficient (Wildman–Crippen LogP) is 5.25. The van der Waals surface area contributed by atoms with Crippen LogP contribution >= 0.6 is 0 Å². The van der Waals surface area contributed by atoms with Gasteiger partial charge in [0.05, 0.1) is 17.2 Å². The number of benzene rings is 2. The first-order chi connectivity index (χ1) is 10.5. The fourth-order valence-corrected chi connectivity index (χ4v) is 2.29. The Balaban J connectivity index is 1.92. The highest BCUT2D eigenvalue weighted by atomic mass is 19.4. The van der Waals surface area contributed by atoms with Crippen molar-refractivity contribution in [3.05, 3.63) is 59.2 Å². The number of alkyl halides is 3. The van der Waals surface area contributed by atoms with E-state index in [0.29, 0.717) is 17.2 Å². The van der Waals surface area contributed by atoms with Gasteiger partial charge in [-0.2, -0.15) is 18.4 Å². The van der Waals surface area contributed by atoms with Gasteiger partial charge in [0.25, 0.3) is 0 Å². The molecule has 0 radical (unpaired) electrons. The molecule has 1 aliphatic rings. The van der Waals surface area contributed by atoms with Gasteiger partial charge in [0, 0.05) is 0 Å². The number of rotatable bonds is 3. The van der Waals surface area contributed by atoms with E-state index in [9.17, 15) is 13.2 Å². The van der Waals surface area contributed by atoms with E-state index in [1.165, 1.54) is 12.1 Å². The molecule has 22 heavy (non-hydrogen) atoms. The van der Waals surface area contributed by atoms with Crippen LogP contribution in [0.1, 0.15) is 35.4 Å². The van der Waals surface area contributed by atoms with Crippen molar-refractivity contribution in [3.63, 3.8) is 0 Å². The molecular weight excluding hydrogens is 291 g/mol. The maximum atomic E-state index is 12.7. The Bertz CT molecular complexity index is 742. The molecule has 1 aliphatic carbocycles. The average molecular weight is 303 g/mol. The van der Waals surface area contributed by atoms with Gasteiger partial charge in [-0.3, -0.25) is 0 Å². The highest BCUT2D eigenvalue weighted by molar-refractivity contribution is 5.47. The quantitative estimate of drug-likeness (QED) is 0.776. The molecule has 0 N–H and O–H groups in total. The Morgan fingerprint density at radius 1 is 1.09 bits per heavy atom. The molecule has 2 aromatic carbocycles. The Labute approximate surface area is 125 Å². The van der Waals surface area contributed by atoms with E-state index < -0.39 is 11.7 Å². The zero-order chi connectivity index (χ0) is 15.7. The smallest absolute Gasteiger partial charge is 0.416 e. The molecule has 0 unspecified atom stereocenters. The number of nitrogens with zero attached hydrogens (tertiary/aromatic N) is 1. The molecule has 2 aromatic rings. The minimum absolute atomic E-state index is 0.140. The zero-order valence-electron chi connectivity index (χ0n) is 11.5. The van der Waals surface area contributed by atoms with Crippen LogP contribution in [0.3, 0.4) is 0 Å². The third-order valence-electron chi connectivity index (χ3n) is 3.55. The molecule has 0 bridgehead atoms. The molecule has 0 heterocycles. The van der Waals surface area contributed by atoms with Crippen LogP contribution < -0.4 is 4.74 Å². The van der Waals surface area contributed by atoms with Crippen molar-refractivity contribution in [3.8, 4) is 17.6 Å². The lowest BCUT2D eigenvalue weighted by Crippen LogP contribution is -2.04. The van der Waals surface area contributed by atoms with Gasteiger partial charge in [-0.1, -0.05) is 6.07 Å². The van der Waals surface area contributed by atoms with Crippen LogP contribution in [0.2, 0.25) is 0 Å². The molecule has 112 valence electrons. The summed E-state index contributed by atoms with van der Waals surface area (Å²) in [6, 6.07) is 11.9. The fourth-order valence-electron chi connectivity index (χ4n) is 2.29. The average Bonchev–Trinajstić information content (AvgIpc) is 3.32. The lowest BCUT2D eigenvalue weighted by molar-refractivity contribution is -0.137. The van der Waals surface area contributed by atoms with Crippen LogP contribution in [0.15, 0.2) is 42.5 Å². The lowest BCUT2D eigenvalue weighted by Gasteiger charge is -2.13. The lowest BCUT2D eigenvalue weighted by atomic mass is 10.1. The van der Waals surface area contributed by atoms with Gasteiger partial charge >= 0.3 is 6.18 Å². The predicted molar refractivity (Wildman–Crippen MR) is 74.7 cm³/mol. The minimum atomic E-state index is -4.40. The largest absolute Gasteiger partial charge is 0.457 e. The second kappa shape index (κ2) is 5.38. The summed E-state index contributed by atoms with van der Waals surface area (Å²) in [6.07, 6.45) is -2.38. The van der Waals surface area contributed by atoms with Crippen LogP contribution in [0.5, 0.6) is 11.5 Å². The van der Waals surface area contributed by atoms with Crippen LogP contribution in [0.25, 0.3) is 0 Å². The zero-order valence-corrected chi connectivity index (χ0v) is 11.5. The minimum Gasteiger partial charge on any atom is -0.457 e. The summed E-state index contributed by atoms with van der Waals surface area (Å²) in [4.78, 5) is 0. The molecule has 0 saturated heterocycles.